The number of hydrogen-bond acceptors (Lipinski definition) is 8. The molecule has 4 N–H and O–H groups in total. The summed E-state index contributed by atoms with van der Waals surface area (Å²) in [5.41, 5.74) is 0.944. The summed E-state index contributed by atoms with van der Waals surface area (Å²) < 4.78 is 60.2. The normalized spacial score (nSPS) is 19.5. The highest BCUT2D eigenvalue weighted by molar-refractivity contribution is 7.89. The van der Waals surface area contributed by atoms with Gasteiger partial charge in [0.15, 0.2) is 0 Å². The fourth-order valence-corrected chi connectivity index (χ4v) is 8.88. The molecule has 0 saturated heterocycles. The van der Waals surface area contributed by atoms with Crippen LogP contribution < -0.4 is 15.4 Å². The molecule has 0 bridgehead atoms. The number of para-hydroxylation sites is 1. The maximum atomic E-state index is 12.6. The van der Waals surface area contributed by atoms with Gasteiger partial charge in [-0.3, -0.25) is 0 Å². The van der Waals surface area contributed by atoms with Crippen molar-refractivity contribution in [1.82, 2.24) is 14.7 Å². The number of carboxylic acid groups (broad SMARTS) is 1. The number of fused-ring (bicyclic) bond motifs is 1. The zero-order valence-electron chi connectivity index (χ0n) is 24.4. The lowest BCUT2D eigenvalue weighted by Crippen LogP contribution is -2.32. The van der Waals surface area contributed by atoms with Crippen LogP contribution in [0.5, 0.6) is 0 Å². The van der Waals surface area contributed by atoms with Crippen LogP contribution in [0.25, 0.3) is 10.9 Å². The lowest BCUT2D eigenvalue weighted by molar-refractivity contribution is -0.192. The molecule has 0 unspecified atom stereocenters. The molecule has 2 aliphatic carbocycles. The number of hydrogen-bond donors (Lipinski definition) is 4. The monoisotopic (exact) mass is 709 g/mol. The van der Waals surface area contributed by atoms with Crippen LogP contribution in [0, 0.1) is 17.8 Å². The summed E-state index contributed by atoms with van der Waals surface area (Å²) in [6.07, 6.45) is 5.53. The number of aliphatic carboxylic acids is 1. The van der Waals surface area contributed by atoms with Gasteiger partial charge in [0.05, 0.1) is 9.85 Å². The summed E-state index contributed by atoms with van der Waals surface area (Å²) in [5.74, 6) is 0.340. The first-order valence-corrected chi connectivity index (χ1v) is 17.9. The summed E-state index contributed by atoms with van der Waals surface area (Å²) in [7, 11) is -3.65. The number of thiophene rings is 1. The topological polar surface area (TPSA) is 133 Å². The van der Waals surface area contributed by atoms with E-state index in [0.29, 0.717) is 34.6 Å². The number of aromatic nitrogens is 2. The van der Waals surface area contributed by atoms with Gasteiger partial charge < -0.3 is 15.7 Å². The minimum atomic E-state index is -5.08. The number of carboxylic acids is 1. The molecule has 3 aromatic rings. The third-order valence-corrected chi connectivity index (χ3v) is 11.3. The number of rotatable bonds is 10. The highest BCUT2D eigenvalue weighted by Gasteiger charge is 2.38. The Kier molecular flexibility index (Phi) is 12.6. The van der Waals surface area contributed by atoms with Crippen LogP contribution in [-0.2, 0) is 14.8 Å². The second kappa shape index (κ2) is 15.9. The van der Waals surface area contributed by atoms with Crippen molar-refractivity contribution in [1.29, 1.82) is 0 Å². The standard InChI is InChI=1S/C27H35Cl2N5O2S2.C2HF3O2/c28-24-14-23(25(29)37-24)38(35,36)32-17-20-12-10-19(11-13-20)16-31-27-33-22-9-5-4-8-21(22)26(34-27)30-15-18-6-2-1-3-7-18;3-2(4,5)1(6)7/h4-5,8-9,14,18-20,32H,1-3,6-7,10-13,15-17H2,(H2,30,31,33,34);(H,6,7). The number of anilines is 2. The first kappa shape index (κ1) is 35.5. The summed E-state index contributed by atoms with van der Waals surface area (Å²) >= 11 is 13.0. The molecule has 2 heterocycles. The SMILES string of the molecule is O=C(O)C(F)(F)F.O=S(=O)(NCC1CCC(CNc2nc(NCC3CCCCC3)c3ccccc3n2)CC1)c1cc(Cl)sc1Cl. The molecule has 2 aromatic heterocycles. The van der Waals surface area contributed by atoms with E-state index in [2.05, 4.69) is 21.4 Å². The molecular formula is C29H36Cl2F3N5O4S2. The van der Waals surface area contributed by atoms with Gasteiger partial charge in [-0.05, 0) is 74.5 Å². The number of benzene rings is 1. The van der Waals surface area contributed by atoms with E-state index in [4.69, 9.17) is 43.1 Å². The maximum absolute atomic E-state index is 12.6. The Morgan fingerprint density at radius 1 is 0.911 bits per heavy atom. The summed E-state index contributed by atoms with van der Waals surface area (Å²) in [5, 5.41) is 15.3. The van der Waals surface area contributed by atoms with Gasteiger partial charge in [0.1, 0.15) is 15.0 Å². The van der Waals surface area contributed by atoms with Crippen molar-refractivity contribution in [3.63, 3.8) is 0 Å². The molecule has 1 aromatic carbocycles. The van der Waals surface area contributed by atoms with E-state index < -0.39 is 22.2 Å². The molecule has 0 spiro atoms. The second-order valence-corrected chi connectivity index (χ2v) is 15.4. The summed E-state index contributed by atoms with van der Waals surface area (Å²) in [6, 6.07) is 9.58. The number of nitrogens with zero attached hydrogens (tertiary/aromatic N) is 2. The van der Waals surface area contributed by atoms with E-state index in [1.165, 1.54) is 38.2 Å². The fourth-order valence-electron chi connectivity index (χ4n) is 5.61. The van der Waals surface area contributed by atoms with Gasteiger partial charge in [-0.15, -0.1) is 11.3 Å². The number of alkyl halides is 3. The number of carbonyl (C=O) groups is 1. The first-order chi connectivity index (χ1) is 21.3. The molecule has 0 radical (unpaired) electrons. The van der Waals surface area contributed by atoms with Crippen LogP contribution in [0.4, 0.5) is 24.9 Å². The van der Waals surface area contributed by atoms with Crippen molar-refractivity contribution in [3.8, 4) is 0 Å². The minimum absolute atomic E-state index is 0.0648. The van der Waals surface area contributed by atoms with Gasteiger partial charge in [-0.25, -0.2) is 22.9 Å². The first-order valence-electron chi connectivity index (χ1n) is 14.8. The van der Waals surface area contributed by atoms with Gasteiger partial charge in [-0.1, -0.05) is 54.6 Å². The van der Waals surface area contributed by atoms with Crippen molar-refractivity contribution < 1.29 is 31.5 Å². The molecule has 248 valence electrons. The summed E-state index contributed by atoms with van der Waals surface area (Å²) in [4.78, 5) is 18.6. The third kappa shape index (κ3) is 10.6. The Morgan fingerprint density at radius 2 is 1.49 bits per heavy atom. The van der Waals surface area contributed by atoms with Crippen molar-refractivity contribution >= 4 is 73.2 Å². The number of sulfonamides is 1. The molecule has 5 rings (SSSR count). The second-order valence-electron chi connectivity index (χ2n) is 11.4. The van der Waals surface area contributed by atoms with Gasteiger partial charge in [-0.2, -0.15) is 18.2 Å². The van der Waals surface area contributed by atoms with E-state index in [9.17, 15) is 21.6 Å². The van der Waals surface area contributed by atoms with E-state index in [1.807, 2.05) is 18.2 Å². The lowest BCUT2D eigenvalue weighted by atomic mass is 9.82. The van der Waals surface area contributed by atoms with Crippen LogP contribution in [0.15, 0.2) is 35.2 Å². The molecule has 16 heteroatoms. The van der Waals surface area contributed by atoms with Crippen LogP contribution in [-0.4, -0.2) is 55.3 Å². The highest BCUT2D eigenvalue weighted by Crippen LogP contribution is 2.35. The molecule has 45 heavy (non-hydrogen) atoms. The molecule has 0 aliphatic heterocycles. The number of halogens is 5. The molecule has 2 saturated carbocycles. The van der Waals surface area contributed by atoms with E-state index in [1.54, 1.807) is 0 Å². The Morgan fingerprint density at radius 3 is 2.09 bits per heavy atom. The quantitative estimate of drug-likeness (QED) is 0.168. The fraction of sp³-hybridized carbons (Fsp3) is 0.552. The van der Waals surface area contributed by atoms with Gasteiger partial charge in [0.2, 0.25) is 16.0 Å². The van der Waals surface area contributed by atoms with Gasteiger partial charge in [0, 0.05) is 25.0 Å². The van der Waals surface area contributed by atoms with Gasteiger partial charge in [0.25, 0.3) is 0 Å². The smallest absolute Gasteiger partial charge is 0.475 e. The van der Waals surface area contributed by atoms with Crippen molar-refractivity contribution in [2.45, 2.75) is 68.9 Å². The van der Waals surface area contributed by atoms with Crippen LogP contribution >= 0.6 is 34.5 Å². The van der Waals surface area contributed by atoms with Crippen LogP contribution in [0.1, 0.15) is 57.8 Å². The zero-order valence-corrected chi connectivity index (χ0v) is 27.5. The molecule has 2 aliphatic rings. The van der Waals surface area contributed by atoms with Gasteiger partial charge >= 0.3 is 12.1 Å². The largest absolute Gasteiger partial charge is 0.490 e. The summed E-state index contributed by atoms with van der Waals surface area (Å²) in [6.45, 7) is 2.18. The molecule has 2 fully saturated rings. The maximum Gasteiger partial charge on any atom is 0.490 e. The molecule has 0 amide bonds. The van der Waals surface area contributed by atoms with Crippen LogP contribution in [0.3, 0.4) is 0 Å². The molecule has 9 nitrogen and oxygen atoms in total. The van der Waals surface area contributed by atoms with Crippen LogP contribution in [0.2, 0.25) is 8.67 Å². The predicted molar refractivity (Wildman–Crippen MR) is 172 cm³/mol. The Balaban J connectivity index is 0.000000591. The Labute approximate surface area is 274 Å². The Hall–Kier alpha value is -2.39. The third-order valence-electron chi connectivity index (χ3n) is 8.12. The molecule has 0 atom stereocenters. The van der Waals surface area contributed by atoms with Crippen molar-refractivity contribution in [3.05, 3.63) is 39.0 Å². The van der Waals surface area contributed by atoms with E-state index in [0.717, 1.165) is 66.8 Å². The molecular weight excluding hydrogens is 674 g/mol. The van der Waals surface area contributed by atoms with Crippen molar-refractivity contribution in [2.75, 3.05) is 30.3 Å². The zero-order chi connectivity index (χ0) is 32.6. The van der Waals surface area contributed by atoms with E-state index >= 15 is 0 Å². The number of nitrogens with one attached hydrogen (secondary N) is 3. The average Bonchev–Trinajstić information content (AvgIpc) is 3.37. The highest BCUT2D eigenvalue weighted by atomic mass is 35.5. The minimum Gasteiger partial charge on any atom is -0.475 e. The average molecular weight is 711 g/mol. The van der Waals surface area contributed by atoms with E-state index in [-0.39, 0.29) is 9.23 Å². The predicted octanol–water partition coefficient (Wildman–Crippen LogP) is 7.82. The lowest BCUT2D eigenvalue weighted by Gasteiger charge is -2.28. The Bertz CT molecular complexity index is 1540. The van der Waals surface area contributed by atoms with Crippen molar-refractivity contribution in [2.24, 2.45) is 17.8 Å².